The molecule has 3 aliphatic heterocycles. The molecule has 49 heavy (non-hydrogen) atoms. The van der Waals surface area contributed by atoms with Crippen LogP contribution in [0.25, 0.3) is 22.5 Å². The molecule has 0 amide bonds. The Kier molecular flexibility index (Phi) is 8.10. The van der Waals surface area contributed by atoms with Crippen LogP contribution in [0, 0.1) is 0 Å². The average molecular weight is 658 g/mol. The number of hydrogen-bond acceptors (Lipinski definition) is 12. The topological polar surface area (TPSA) is 172 Å². The van der Waals surface area contributed by atoms with E-state index >= 15 is 0 Å². The summed E-state index contributed by atoms with van der Waals surface area (Å²) in [4.78, 5) is 4.91. The van der Waals surface area contributed by atoms with Gasteiger partial charge < -0.3 is 36.6 Å². The Balaban J connectivity index is 0.954. The lowest BCUT2D eigenvalue weighted by Gasteiger charge is -2.36. The summed E-state index contributed by atoms with van der Waals surface area (Å²) in [6, 6.07) is 27.7. The molecule has 7 N–H and O–H groups in total. The van der Waals surface area contributed by atoms with E-state index in [2.05, 4.69) is 65.8 Å². The van der Waals surface area contributed by atoms with Crippen molar-refractivity contribution in [3.63, 3.8) is 0 Å². The van der Waals surface area contributed by atoms with Gasteiger partial charge in [-0.1, -0.05) is 48.5 Å². The fourth-order valence-corrected chi connectivity index (χ4v) is 7.55. The van der Waals surface area contributed by atoms with E-state index in [1.54, 1.807) is 30.3 Å². The Morgan fingerprint density at radius 2 is 1.49 bits per heavy atom. The minimum atomic E-state index is -0.200. The number of nitrogen functional groups attached to an aromatic ring is 2. The van der Waals surface area contributed by atoms with Crippen LogP contribution < -0.4 is 26.4 Å². The molecular formula is C37H39N9O3. The largest absolute Gasteiger partial charge is 0.507 e. The van der Waals surface area contributed by atoms with Crippen LogP contribution in [0.1, 0.15) is 29.9 Å². The summed E-state index contributed by atoms with van der Waals surface area (Å²) in [5, 5.41) is 41.9. The van der Waals surface area contributed by atoms with E-state index in [9.17, 15) is 10.2 Å². The van der Waals surface area contributed by atoms with E-state index in [0.29, 0.717) is 59.1 Å². The number of aromatic nitrogens is 4. The Bertz CT molecular complexity index is 1980. The minimum absolute atomic E-state index is 0.0828. The molecular weight excluding hydrogens is 618 g/mol. The van der Waals surface area contributed by atoms with Crippen LogP contribution in [0.15, 0.2) is 84.9 Å². The Morgan fingerprint density at radius 1 is 0.735 bits per heavy atom. The van der Waals surface area contributed by atoms with E-state index in [-0.39, 0.29) is 29.3 Å². The molecule has 4 atom stereocenters. The minimum Gasteiger partial charge on any atom is -0.507 e. The number of phenols is 2. The van der Waals surface area contributed by atoms with E-state index in [0.717, 1.165) is 43.9 Å². The van der Waals surface area contributed by atoms with Crippen LogP contribution in [0.2, 0.25) is 0 Å². The smallest absolute Gasteiger partial charge is 0.188 e. The molecule has 5 heterocycles. The third kappa shape index (κ3) is 6.16. The number of phenolic OH excluding ortho intramolecular Hbond substituents is 2. The van der Waals surface area contributed by atoms with Crippen molar-refractivity contribution in [2.24, 2.45) is 0 Å². The molecule has 3 fully saturated rings. The SMILES string of the molecule is Nc1nnc(-c2ccccc2O)cc1OC1CNCC(c2ccc(-c3cc(N4C[C@@H]5C[C@H]4CN5Cc4ccccc4)c(N)nn3)c(O)c2)C1. The molecule has 8 rings (SSSR count). The lowest BCUT2D eigenvalue weighted by Crippen LogP contribution is -2.46. The summed E-state index contributed by atoms with van der Waals surface area (Å²) in [6.45, 7) is 4.16. The maximum Gasteiger partial charge on any atom is 0.188 e. The quantitative estimate of drug-likeness (QED) is 0.162. The molecule has 3 aromatic carbocycles. The zero-order valence-electron chi connectivity index (χ0n) is 27.0. The van der Waals surface area contributed by atoms with Crippen LogP contribution >= 0.6 is 0 Å². The molecule has 2 aromatic heterocycles. The number of piperazine rings is 1. The van der Waals surface area contributed by atoms with Gasteiger partial charge >= 0.3 is 0 Å². The maximum absolute atomic E-state index is 11.3. The zero-order valence-corrected chi connectivity index (χ0v) is 27.0. The van der Waals surface area contributed by atoms with Gasteiger partial charge in [0.15, 0.2) is 17.4 Å². The van der Waals surface area contributed by atoms with Gasteiger partial charge in [0.2, 0.25) is 0 Å². The van der Waals surface area contributed by atoms with Crippen LogP contribution in [0.4, 0.5) is 17.3 Å². The van der Waals surface area contributed by atoms with Gasteiger partial charge in [-0.15, -0.1) is 20.4 Å². The van der Waals surface area contributed by atoms with Crippen molar-refractivity contribution in [2.45, 2.75) is 43.5 Å². The maximum atomic E-state index is 11.3. The first-order chi connectivity index (χ1) is 23.9. The number of rotatable bonds is 8. The van der Waals surface area contributed by atoms with E-state index in [1.807, 2.05) is 24.3 Å². The zero-order chi connectivity index (χ0) is 33.5. The molecule has 0 radical (unpaired) electrons. The van der Waals surface area contributed by atoms with Gasteiger partial charge in [0.1, 0.15) is 23.3 Å². The normalized spacial score (nSPS) is 22.0. The second kappa shape index (κ2) is 12.9. The number of likely N-dealkylation sites (tertiary alicyclic amines) is 1. The number of nitrogens with zero attached hydrogens (tertiary/aromatic N) is 6. The second-order valence-corrected chi connectivity index (χ2v) is 13.2. The van der Waals surface area contributed by atoms with Crippen LogP contribution in [0.5, 0.6) is 17.2 Å². The van der Waals surface area contributed by atoms with Gasteiger partial charge in [-0.05, 0) is 54.3 Å². The molecule has 0 aliphatic carbocycles. The number of aromatic hydroxyl groups is 2. The summed E-state index contributed by atoms with van der Waals surface area (Å²) >= 11 is 0. The molecule has 0 spiro atoms. The lowest BCUT2D eigenvalue weighted by atomic mass is 9.89. The van der Waals surface area contributed by atoms with Gasteiger partial charge in [0.05, 0.1) is 11.4 Å². The average Bonchev–Trinajstić information content (AvgIpc) is 3.71. The van der Waals surface area contributed by atoms with Crippen molar-refractivity contribution < 1.29 is 14.9 Å². The van der Waals surface area contributed by atoms with E-state index in [1.165, 1.54) is 5.56 Å². The van der Waals surface area contributed by atoms with Gasteiger partial charge in [-0.3, -0.25) is 4.90 Å². The van der Waals surface area contributed by atoms with Crippen LogP contribution in [0.3, 0.4) is 0 Å². The first-order valence-electron chi connectivity index (χ1n) is 16.7. The highest BCUT2D eigenvalue weighted by molar-refractivity contribution is 5.75. The van der Waals surface area contributed by atoms with Crippen molar-refractivity contribution in [1.82, 2.24) is 30.6 Å². The number of nitrogens with two attached hydrogens (primary N) is 2. The lowest BCUT2D eigenvalue weighted by molar-refractivity contribution is 0.156. The standard InChI is InChI=1S/C37H39N9O3/c38-36-32(46-21-25-14-26(46)20-45(25)19-22-6-2-1-3-7-22)15-30(41-43-36)29-11-10-23(13-34(29)48)24-12-27(18-40-17-24)49-35-16-31(42-44-37(35)39)28-8-4-5-9-33(28)47/h1-11,13,15-16,24-27,40,47-48H,12,14,17-21H2,(H2,38,43)(H2,39,44)/t24?,25-,26-,27?/m0/s1. The number of hydrogen-bond donors (Lipinski definition) is 5. The first kappa shape index (κ1) is 30.8. The van der Waals surface area contributed by atoms with Crippen LogP contribution in [-0.4, -0.2) is 79.9 Å². The third-order valence-electron chi connectivity index (χ3n) is 10.0. The predicted octanol–water partition coefficient (Wildman–Crippen LogP) is 4.16. The van der Waals surface area contributed by atoms with Crippen molar-refractivity contribution in [2.75, 3.05) is 42.5 Å². The summed E-state index contributed by atoms with van der Waals surface area (Å²) in [5.74, 6) is 1.31. The Morgan fingerprint density at radius 3 is 2.27 bits per heavy atom. The summed E-state index contributed by atoms with van der Waals surface area (Å²) in [7, 11) is 0. The van der Waals surface area contributed by atoms with Crippen molar-refractivity contribution >= 4 is 17.3 Å². The van der Waals surface area contributed by atoms with E-state index < -0.39 is 0 Å². The van der Waals surface area contributed by atoms with Crippen molar-refractivity contribution in [3.8, 4) is 39.8 Å². The first-order valence-corrected chi connectivity index (χ1v) is 16.7. The van der Waals surface area contributed by atoms with Gasteiger partial charge in [-0.25, -0.2) is 0 Å². The van der Waals surface area contributed by atoms with Gasteiger partial charge in [0.25, 0.3) is 0 Å². The number of benzene rings is 3. The molecule has 5 aromatic rings. The predicted molar refractivity (Wildman–Crippen MR) is 188 cm³/mol. The Hall–Kier alpha value is -5.46. The number of para-hydroxylation sites is 1. The molecule has 3 saturated heterocycles. The van der Waals surface area contributed by atoms with Crippen molar-refractivity contribution in [3.05, 3.63) is 96.1 Å². The molecule has 12 nitrogen and oxygen atoms in total. The third-order valence-corrected chi connectivity index (χ3v) is 10.0. The highest BCUT2D eigenvalue weighted by atomic mass is 16.5. The molecule has 0 saturated carbocycles. The summed E-state index contributed by atoms with van der Waals surface area (Å²) < 4.78 is 6.32. The number of nitrogens with one attached hydrogen (secondary N) is 1. The summed E-state index contributed by atoms with van der Waals surface area (Å²) in [6.07, 6.45) is 1.59. The van der Waals surface area contributed by atoms with Crippen molar-refractivity contribution in [1.29, 1.82) is 0 Å². The molecule has 12 heteroatoms. The molecule has 2 bridgehead atoms. The number of anilines is 3. The summed E-state index contributed by atoms with van der Waals surface area (Å²) in [5.41, 5.74) is 17.9. The van der Waals surface area contributed by atoms with Gasteiger partial charge in [-0.2, -0.15) is 0 Å². The van der Waals surface area contributed by atoms with Crippen LogP contribution in [-0.2, 0) is 6.54 Å². The molecule has 2 unspecified atom stereocenters. The fraction of sp³-hybridized carbons (Fsp3) is 0.297. The molecule has 3 aliphatic rings. The fourth-order valence-electron chi connectivity index (χ4n) is 7.55. The van der Waals surface area contributed by atoms with Gasteiger partial charge in [0, 0.05) is 67.9 Å². The van der Waals surface area contributed by atoms with E-state index in [4.69, 9.17) is 16.2 Å². The highest BCUT2D eigenvalue weighted by Crippen LogP contribution is 2.40. The highest BCUT2D eigenvalue weighted by Gasteiger charge is 2.44. The second-order valence-electron chi connectivity index (χ2n) is 13.2. The Labute approximate surface area is 284 Å². The number of ether oxygens (including phenoxy) is 1. The molecule has 250 valence electrons. The number of fused-ring (bicyclic) bond motifs is 2. The monoisotopic (exact) mass is 657 g/mol. The number of piperidine rings is 1.